The zero-order valence-electron chi connectivity index (χ0n) is 20.0. The number of anilines is 1. The standard InChI is InChI=1S/C25H23F4N3O5/c1-24(2,3)37-18(33)10-30-22(35)19-21(34)15-8-14(26)9-16-20(15)32(23(19)36)11-17(31-16)12-4-6-13(7-5-12)25(27,28)29/h4-9,17,31,34H,10-11H2,1-3H3,(H,30,35). The minimum atomic E-state index is -4.53. The molecule has 1 aromatic heterocycles. The van der Waals surface area contributed by atoms with E-state index < -0.39 is 64.5 Å². The number of nitrogens with one attached hydrogen (secondary N) is 2. The predicted octanol–water partition coefficient (Wildman–Crippen LogP) is 4.10. The van der Waals surface area contributed by atoms with Crippen molar-refractivity contribution in [2.24, 2.45) is 0 Å². The third-order valence-electron chi connectivity index (χ3n) is 5.67. The number of pyridine rings is 1. The van der Waals surface area contributed by atoms with E-state index in [1.54, 1.807) is 20.8 Å². The van der Waals surface area contributed by atoms with Crippen LogP contribution < -0.4 is 16.2 Å². The fourth-order valence-corrected chi connectivity index (χ4v) is 4.16. The van der Waals surface area contributed by atoms with Crippen molar-refractivity contribution < 1.29 is 37.0 Å². The summed E-state index contributed by atoms with van der Waals surface area (Å²) >= 11 is 0. The van der Waals surface area contributed by atoms with E-state index >= 15 is 0 Å². The van der Waals surface area contributed by atoms with Crippen LogP contribution in [0.1, 0.15) is 48.3 Å². The van der Waals surface area contributed by atoms with Crippen molar-refractivity contribution in [3.63, 3.8) is 0 Å². The molecule has 1 unspecified atom stereocenters. The number of benzene rings is 2. The van der Waals surface area contributed by atoms with Crippen molar-refractivity contribution >= 4 is 28.5 Å². The van der Waals surface area contributed by atoms with Crippen LogP contribution in [-0.2, 0) is 22.3 Å². The number of hydrogen-bond acceptors (Lipinski definition) is 6. The Morgan fingerprint density at radius 3 is 2.41 bits per heavy atom. The number of hydrogen-bond donors (Lipinski definition) is 3. The molecule has 12 heteroatoms. The van der Waals surface area contributed by atoms with Crippen LogP contribution >= 0.6 is 0 Å². The lowest BCUT2D eigenvalue weighted by atomic mass is 9.99. The number of esters is 1. The second-order valence-electron chi connectivity index (χ2n) is 9.57. The van der Waals surface area contributed by atoms with Gasteiger partial charge >= 0.3 is 12.1 Å². The van der Waals surface area contributed by atoms with E-state index in [4.69, 9.17) is 4.74 Å². The average molecular weight is 521 g/mol. The smallest absolute Gasteiger partial charge is 0.416 e. The highest BCUT2D eigenvalue weighted by Crippen LogP contribution is 2.38. The Hall–Kier alpha value is -4.09. The summed E-state index contributed by atoms with van der Waals surface area (Å²) in [6.45, 7) is 4.17. The van der Waals surface area contributed by atoms with Gasteiger partial charge in [0.2, 0.25) is 0 Å². The van der Waals surface area contributed by atoms with Gasteiger partial charge in [0.1, 0.15) is 29.3 Å². The quantitative estimate of drug-likeness (QED) is 0.352. The Labute approximate surface area is 207 Å². The molecular weight excluding hydrogens is 498 g/mol. The fraction of sp³-hybridized carbons (Fsp3) is 0.320. The van der Waals surface area contributed by atoms with E-state index in [2.05, 4.69) is 10.6 Å². The molecule has 1 atom stereocenters. The van der Waals surface area contributed by atoms with Gasteiger partial charge in [0.25, 0.3) is 11.5 Å². The Morgan fingerprint density at radius 1 is 1.16 bits per heavy atom. The molecule has 0 spiro atoms. The summed E-state index contributed by atoms with van der Waals surface area (Å²) < 4.78 is 59.6. The largest absolute Gasteiger partial charge is 0.506 e. The first-order valence-corrected chi connectivity index (χ1v) is 11.2. The topological polar surface area (TPSA) is 110 Å². The van der Waals surface area contributed by atoms with Crippen molar-refractivity contribution in [2.75, 3.05) is 11.9 Å². The van der Waals surface area contributed by atoms with Crippen LogP contribution in [0.3, 0.4) is 0 Å². The fourth-order valence-electron chi connectivity index (χ4n) is 4.16. The van der Waals surface area contributed by atoms with Crippen molar-refractivity contribution in [1.29, 1.82) is 0 Å². The van der Waals surface area contributed by atoms with Crippen molar-refractivity contribution in [1.82, 2.24) is 9.88 Å². The molecule has 196 valence electrons. The molecule has 0 saturated carbocycles. The van der Waals surface area contributed by atoms with Gasteiger partial charge < -0.3 is 25.0 Å². The maximum absolute atomic E-state index is 14.5. The molecular formula is C25H23F4N3O5. The van der Waals surface area contributed by atoms with Gasteiger partial charge in [-0.1, -0.05) is 12.1 Å². The molecule has 0 bridgehead atoms. The Morgan fingerprint density at radius 2 is 1.81 bits per heavy atom. The summed E-state index contributed by atoms with van der Waals surface area (Å²) in [4.78, 5) is 38.1. The molecule has 0 fully saturated rings. The van der Waals surface area contributed by atoms with Crippen LogP contribution in [0, 0.1) is 5.82 Å². The van der Waals surface area contributed by atoms with Gasteiger partial charge in [0.05, 0.1) is 29.4 Å². The summed E-state index contributed by atoms with van der Waals surface area (Å²) in [5.74, 6) is -3.41. The lowest BCUT2D eigenvalue weighted by Gasteiger charge is -2.30. The molecule has 0 radical (unpaired) electrons. The maximum Gasteiger partial charge on any atom is 0.416 e. The molecule has 3 aromatic rings. The van der Waals surface area contributed by atoms with E-state index in [0.29, 0.717) is 5.56 Å². The average Bonchev–Trinajstić information content (AvgIpc) is 2.79. The second kappa shape index (κ2) is 9.09. The van der Waals surface area contributed by atoms with Crippen LogP contribution in [0.15, 0.2) is 41.2 Å². The predicted molar refractivity (Wildman–Crippen MR) is 126 cm³/mol. The molecule has 1 amide bonds. The normalized spacial score (nSPS) is 15.3. The van der Waals surface area contributed by atoms with E-state index in [1.165, 1.54) is 12.1 Å². The number of rotatable bonds is 4. The minimum Gasteiger partial charge on any atom is -0.506 e. The first-order valence-electron chi connectivity index (χ1n) is 11.2. The molecule has 2 heterocycles. The Bertz CT molecular complexity index is 1460. The van der Waals surface area contributed by atoms with E-state index in [0.717, 1.165) is 28.8 Å². The number of aromatic nitrogens is 1. The van der Waals surface area contributed by atoms with Gasteiger partial charge in [0, 0.05) is 5.39 Å². The second-order valence-corrected chi connectivity index (χ2v) is 9.57. The number of nitrogens with zero attached hydrogens (tertiary/aromatic N) is 1. The number of amides is 1. The molecule has 4 rings (SSSR count). The van der Waals surface area contributed by atoms with Gasteiger partial charge in [0.15, 0.2) is 0 Å². The van der Waals surface area contributed by atoms with Crippen LogP contribution in [0.5, 0.6) is 5.75 Å². The molecule has 0 saturated heterocycles. The summed E-state index contributed by atoms with van der Waals surface area (Å²) in [7, 11) is 0. The number of carbonyl (C=O) groups excluding carboxylic acids is 2. The van der Waals surface area contributed by atoms with E-state index in [9.17, 15) is 37.1 Å². The van der Waals surface area contributed by atoms with Gasteiger partial charge in [-0.2, -0.15) is 13.2 Å². The number of ether oxygens (including phenoxy) is 1. The van der Waals surface area contributed by atoms with E-state index in [1.807, 2.05) is 0 Å². The monoisotopic (exact) mass is 521 g/mol. The van der Waals surface area contributed by atoms with Crippen molar-refractivity contribution in [3.05, 3.63) is 69.3 Å². The molecule has 3 N–H and O–H groups in total. The summed E-state index contributed by atoms with van der Waals surface area (Å²) in [6.07, 6.45) is -4.53. The Balaban J connectivity index is 1.73. The third-order valence-corrected chi connectivity index (χ3v) is 5.67. The summed E-state index contributed by atoms with van der Waals surface area (Å²) in [6, 6.07) is 5.54. The number of carbonyl (C=O) groups is 2. The third kappa shape index (κ3) is 5.23. The van der Waals surface area contributed by atoms with Crippen molar-refractivity contribution in [2.45, 2.75) is 45.1 Å². The zero-order chi connectivity index (χ0) is 27.3. The lowest BCUT2D eigenvalue weighted by Crippen LogP contribution is -2.39. The molecule has 1 aliphatic rings. The van der Waals surface area contributed by atoms with Crippen LogP contribution in [0.4, 0.5) is 23.2 Å². The molecule has 37 heavy (non-hydrogen) atoms. The number of aromatic hydroxyl groups is 1. The maximum atomic E-state index is 14.5. The van der Waals surface area contributed by atoms with Crippen LogP contribution in [-0.4, -0.2) is 33.7 Å². The van der Waals surface area contributed by atoms with Crippen LogP contribution in [0.2, 0.25) is 0 Å². The molecule has 0 aliphatic carbocycles. The highest BCUT2D eigenvalue weighted by atomic mass is 19.4. The van der Waals surface area contributed by atoms with Crippen molar-refractivity contribution in [3.8, 4) is 5.75 Å². The van der Waals surface area contributed by atoms with Gasteiger partial charge in [-0.3, -0.25) is 14.4 Å². The lowest BCUT2D eigenvalue weighted by molar-refractivity contribution is -0.153. The first kappa shape index (κ1) is 26.0. The van der Waals surface area contributed by atoms with Gasteiger partial charge in [-0.05, 0) is 50.6 Å². The summed E-state index contributed by atoms with van der Waals surface area (Å²) in [5, 5.41) is 15.8. The van der Waals surface area contributed by atoms with E-state index in [-0.39, 0.29) is 23.1 Å². The van der Waals surface area contributed by atoms with Crippen LogP contribution in [0.25, 0.3) is 10.9 Å². The molecule has 8 nitrogen and oxygen atoms in total. The zero-order valence-corrected chi connectivity index (χ0v) is 20.0. The van der Waals surface area contributed by atoms with Gasteiger partial charge in [-0.25, -0.2) is 4.39 Å². The highest BCUT2D eigenvalue weighted by Gasteiger charge is 2.32. The minimum absolute atomic E-state index is 0.110. The summed E-state index contributed by atoms with van der Waals surface area (Å²) in [5.41, 5.74) is -2.68. The molecule has 2 aromatic carbocycles. The molecule has 1 aliphatic heterocycles. The number of alkyl halides is 3. The SMILES string of the molecule is CC(C)(C)OC(=O)CNC(=O)c1c(O)c2cc(F)cc3c2n(c1=O)CC(c1ccc(C(F)(F)F)cc1)N3. The highest BCUT2D eigenvalue weighted by molar-refractivity contribution is 6.05. The number of halogens is 4. The first-order chi connectivity index (χ1) is 17.2. The Kier molecular flexibility index (Phi) is 6.39. The van der Waals surface area contributed by atoms with Gasteiger partial charge in [-0.15, -0.1) is 0 Å².